The van der Waals surface area contributed by atoms with E-state index in [9.17, 15) is 33.6 Å². The minimum absolute atomic E-state index is 0.00335. The maximum Gasteiger partial charge on any atom is 0.246 e. The number of carbonyl (C=O) groups is 7. The maximum absolute atomic E-state index is 13.7. The number of hydrogen-bond acceptors (Lipinski definition) is 9. The molecule has 0 unspecified atom stereocenters. The molecule has 2 fully saturated rings. The third-order valence-electron chi connectivity index (χ3n) is 6.75. The van der Waals surface area contributed by atoms with E-state index in [0.717, 1.165) is 11.8 Å². The minimum Gasteiger partial charge on any atom is -0.368 e. The lowest BCUT2D eigenvalue weighted by Crippen LogP contribution is -2.59. The topological polar surface area (TPSA) is 235 Å². The van der Waals surface area contributed by atoms with Crippen molar-refractivity contribution >= 4 is 53.1 Å². The van der Waals surface area contributed by atoms with E-state index in [4.69, 9.17) is 11.5 Å². The summed E-state index contributed by atoms with van der Waals surface area (Å²) in [6, 6.07) is -5.28. The maximum atomic E-state index is 13.7. The lowest BCUT2D eigenvalue weighted by Gasteiger charge is -2.35. The average molecular weight is 599 g/mol. The number of nitrogens with zero attached hydrogens (tertiary/aromatic N) is 1. The molecule has 0 aromatic heterocycles. The number of rotatable bonds is 2. The Kier molecular flexibility index (Phi) is 11.9. The van der Waals surface area contributed by atoms with E-state index in [0.29, 0.717) is 6.42 Å². The van der Waals surface area contributed by atoms with Crippen LogP contribution in [-0.4, -0.2) is 108 Å². The summed E-state index contributed by atoms with van der Waals surface area (Å²) >= 11 is 1.01. The van der Waals surface area contributed by atoms with Crippen LogP contribution >= 0.6 is 11.8 Å². The van der Waals surface area contributed by atoms with Crippen LogP contribution in [0.4, 0.5) is 0 Å². The van der Waals surface area contributed by atoms with Crippen molar-refractivity contribution in [1.29, 1.82) is 0 Å². The van der Waals surface area contributed by atoms with Crippen molar-refractivity contribution in [2.75, 3.05) is 31.1 Å². The molecule has 16 heteroatoms. The van der Waals surface area contributed by atoms with Gasteiger partial charge in [-0.05, 0) is 24.7 Å². The van der Waals surface area contributed by atoms with Crippen LogP contribution in [0.2, 0.25) is 0 Å². The van der Waals surface area contributed by atoms with Gasteiger partial charge in [-0.25, -0.2) is 0 Å². The van der Waals surface area contributed by atoms with E-state index in [1.165, 1.54) is 11.8 Å². The van der Waals surface area contributed by atoms with Crippen LogP contribution < -0.4 is 38.1 Å². The zero-order valence-electron chi connectivity index (χ0n) is 24.1. The fourth-order valence-corrected chi connectivity index (χ4v) is 5.33. The predicted molar refractivity (Wildman–Crippen MR) is 151 cm³/mol. The Labute approximate surface area is 243 Å². The molecule has 2 rings (SSSR count). The Morgan fingerprint density at radius 3 is 2.20 bits per heavy atom. The second-order valence-corrected chi connectivity index (χ2v) is 12.5. The summed E-state index contributed by atoms with van der Waals surface area (Å²) in [7, 11) is 0. The van der Waals surface area contributed by atoms with Crippen LogP contribution in [-0.2, 0) is 33.6 Å². The molecular weight excluding hydrogens is 556 g/mol. The molecule has 0 aliphatic carbocycles. The van der Waals surface area contributed by atoms with Gasteiger partial charge in [-0.2, -0.15) is 0 Å². The molecule has 2 aliphatic heterocycles. The Morgan fingerprint density at radius 2 is 1.61 bits per heavy atom. The van der Waals surface area contributed by atoms with Crippen molar-refractivity contribution in [2.45, 2.75) is 71.2 Å². The molecule has 41 heavy (non-hydrogen) atoms. The predicted octanol–water partition coefficient (Wildman–Crippen LogP) is -3.46. The van der Waals surface area contributed by atoms with Crippen LogP contribution in [0.15, 0.2) is 0 Å². The standard InChI is InChI=1S/C25H42N8O7S/c1-12-6-16-23(39)29-13(2)21(37)28-8-17(34)30-14(7-26)22(38)31-15(20(27)36)10-41-11-18(35)32-19(25(3,4)5)24(40)33(16)9-12/h12-16,19H,6-11,26H2,1-5H3,(H2,27,36)(H,28,37)(H,29,39)(H,30,34)(H,31,38)(H,32,35)/t12-,13-,14-,15-,16+,19-/m1/s1. The highest BCUT2D eigenvalue weighted by atomic mass is 32.2. The summed E-state index contributed by atoms with van der Waals surface area (Å²) in [4.78, 5) is 90.8. The van der Waals surface area contributed by atoms with E-state index in [1.54, 1.807) is 20.8 Å². The summed E-state index contributed by atoms with van der Waals surface area (Å²) in [6.45, 7) is 8.16. The van der Waals surface area contributed by atoms with E-state index < -0.39 is 83.5 Å². The van der Waals surface area contributed by atoms with Crippen LogP contribution in [0, 0.1) is 11.3 Å². The van der Waals surface area contributed by atoms with Crippen LogP contribution in [0.5, 0.6) is 0 Å². The van der Waals surface area contributed by atoms with E-state index in [-0.39, 0.29) is 30.5 Å². The second-order valence-electron chi connectivity index (χ2n) is 11.5. The fourth-order valence-electron chi connectivity index (χ4n) is 4.46. The number of nitrogens with one attached hydrogen (secondary N) is 5. The Balaban J connectivity index is 2.35. The first kappa shape index (κ1) is 33.8. The minimum atomic E-state index is -1.23. The number of amides is 7. The molecule has 15 nitrogen and oxygen atoms in total. The van der Waals surface area contributed by atoms with E-state index in [2.05, 4.69) is 26.6 Å². The third kappa shape index (κ3) is 9.59. The molecule has 0 bridgehead atoms. The van der Waals surface area contributed by atoms with Crippen molar-refractivity contribution in [3.63, 3.8) is 0 Å². The zero-order chi connectivity index (χ0) is 31.1. The first-order valence-electron chi connectivity index (χ1n) is 13.4. The van der Waals surface area contributed by atoms with Crippen molar-refractivity contribution in [2.24, 2.45) is 22.8 Å². The molecule has 0 aromatic rings. The SMILES string of the molecule is C[C@@H]1C[C@H]2C(=O)N[C@H](C)C(=O)NCC(=O)N[C@H](CN)C(=O)N[C@@H](C(N)=O)CSCC(=O)N[C@@H](C(C)(C)C)C(=O)N2C1. The van der Waals surface area contributed by atoms with Crippen LogP contribution in [0.25, 0.3) is 0 Å². The van der Waals surface area contributed by atoms with Crippen LogP contribution in [0.3, 0.4) is 0 Å². The van der Waals surface area contributed by atoms with Gasteiger partial charge in [0.1, 0.15) is 30.2 Å². The third-order valence-corrected chi connectivity index (χ3v) is 7.79. The summed E-state index contributed by atoms with van der Waals surface area (Å²) in [5, 5.41) is 12.5. The summed E-state index contributed by atoms with van der Waals surface area (Å²) < 4.78 is 0. The highest BCUT2D eigenvalue weighted by Gasteiger charge is 2.44. The molecule has 0 aromatic carbocycles. The van der Waals surface area contributed by atoms with Gasteiger partial charge in [-0.1, -0.05) is 27.7 Å². The molecule has 2 saturated heterocycles. The van der Waals surface area contributed by atoms with Gasteiger partial charge in [0.05, 0.1) is 12.3 Å². The first-order valence-corrected chi connectivity index (χ1v) is 14.5. The number of fused-ring (bicyclic) bond motifs is 1. The van der Waals surface area contributed by atoms with Crippen molar-refractivity contribution < 1.29 is 33.6 Å². The Morgan fingerprint density at radius 1 is 0.951 bits per heavy atom. The first-order chi connectivity index (χ1) is 19.0. The summed E-state index contributed by atoms with van der Waals surface area (Å²) in [5.41, 5.74) is 10.3. The van der Waals surface area contributed by atoms with Gasteiger partial charge in [0.25, 0.3) is 0 Å². The van der Waals surface area contributed by atoms with Gasteiger partial charge >= 0.3 is 0 Å². The molecule has 0 radical (unpaired) electrons. The Hall–Kier alpha value is -3.40. The smallest absolute Gasteiger partial charge is 0.246 e. The molecule has 9 N–H and O–H groups in total. The molecular formula is C25H42N8O7S. The largest absolute Gasteiger partial charge is 0.368 e. The van der Waals surface area contributed by atoms with Crippen LogP contribution in [0.1, 0.15) is 41.0 Å². The highest BCUT2D eigenvalue weighted by molar-refractivity contribution is 8.00. The lowest BCUT2D eigenvalue weighted by atomic mass is 9.85. The van der Waals surface area contributed by atoms with Gasteiger partial charge in [-0.3, -0.25) is 33.6 Å². The van der Waals surface area contributed by atoms with Crippen molar-refractivity contribution in [1.82, 2.24) is 31.5 Å². The van der Waals surface area contributed by atoms with E-state index in [1.807, 2.05) is 6.92 Å². The lowest BCUT2D eigenvalue weighted by molar-refractivity contribution is -0.144. The Bertz CT molecular complexity index is 1050. The molecule has 6 atom stereocenters. The number of carbonyl (C=O) groups excluding carboxylic acids is 7. The van der Waals surface area contributed by atoms with Gasteiger partial charge in [-0.15, -0.1) is 11.8 Å². The zero-order valence-corrected chi connectivity index (χ0v) is 24.9. The van der Waals surface area contributed by atoms with E-state index >= 15 is 0 Å². The van der Waals surface area contributed by atoms with Gasteiger partial charge < -0.3 is 43.0 Å². The normalized spacial score (nSPS) is 30.1. The molecule has 7 amide bonds. The number of thioether (sulfide) groups is 1. The summed E-state index contributed by atoms with van der Waals surface area (Å²) in [6.07, 6.45) is 0.366. The van der Waals surface area contributed by atoms with Gasteiger partial charge in [0.15, 0.2) is 0 Å². The van der Waals surface area contributed by atoms with Gasteiger partial charge in [0.2, 0.25) is 41.4 Å². The van der Waals surface area contributed by atoms with Crippen molar-refractivity contribution in [3.8, 4) is 0 Å². The number of nitrogens with two attached hydrogens (primary N) is 2. The molecule has 2 heterocycles. The highest BCUT2D eigenvalue weighted by Crippen LogP contribution is 2.28. The fraction of sp³-hybridized carbons (Fsp3) is 0.720. The second kappa shape index (κ2) is 14.5. The monoisotopic (exact) mass is 598 g/mol. The number of hydrogen-bond donors (Lipinski definition) is 7. The number of primary amides is 1. The molecule has 2 aliphatic rings. The quantitative estimate of drug-likeness (QED) is 0.167. The van der Waals surface area contributed by atoms with Gasteiger partial charge in [0, 0.05) is 18.8 Å². The molecule has 0 spiro atoms. The average Bonchev–Trinajstić information content (AvgIpc) is 3.28. The van der Waals surface area contributed by atoms with Crippen molar-refractivity contribution in [3.05, 3.63) is 0 Å². The molecule has 230 valence electrons. The summed E-state index contributed by atoms with van der Waals surface area (Å²) in [5.74, 6) is -4.71. The molecule has 0 saturated carbocycles.